The molecule has 1 aromatic carbocycles. The van der Waals surface area contributed by atoms with Crippen LogP contribution in [-0.4, -0.2) is 55.9 Å². The molecule has 0 heterocycles. The summed E-state index contributed by atoms with van der Waals surface area (Å²) in [4.78, 5) is 14.6. The first kappa shape index (κ1) is 24.9. The number of rotatable bonds is 11. The summed E-state index contributed by atoms with van der Waals surface area (Å²) < 4.78 is 5.42. The first-order chi connectivity index (χ1) is 13.6. The molecule has 0 aliphatic rings. The van der Waals surface area contributed by atoms with E-state index >= 15 is 0 Å². The molecule has 6 heteroatoms. The highest BCUT2D eigenvalue weighted by Crippen LogP contribution is 2.11. The number of nitrogens with one attached hydrogen (secondary N) is 2. The molecule has 162 valence electrons. The highest BCUT2D eigenvalue weighted by molar-refractivity contribution is 5.68. The van der Waals surface area contributed by atoms with Gasteiger partial charge in [-0.2, -0.15) is 5.26 Å². The Balaban J connectivity index is 2.55. The third kappa shape index (κ3) is 12.1. The molecule has 1 amide bonds. The smallest absolute Gasteiger partial charge is 0.407 e. The van der Waals surface area contributed by atoms with Gasteiger partial charge in [-0.1, -0.05) is 26.0 Å². The van der Waals surface area contributed by atoms with Gasteiger partial charge >= 0.3 is 6.09 Å². The van der Waals surface area contributed by atoms with Crippen molar-refractivity contribution < 1.29 is 9.53 Å². The van der Waals surface area contributed by atoms with Crippen molar-refractivity contribution in [2.45, 2.75) is 59.1 Å². The lowest BCUT2D eigenvalue weighted by atomic mass is 10.0. The first-order valence-corrected chi connectivity index (χ1v) is 10.5. The second kappa shape index (κ2) is 12.5. The van der Waals surface area contributed by atoms with Crippen LogP contribution in [-0.2, 0) is 11.2 Å². The zero-order chi connectivity index (χ0) is 21.9. The quantitative estimate of drug-likeness (QED) is 0.554. The van der Waals surface area contributed by atoms with Gasteiger partial charge in [-0.15, -0.1) is 0 Å². The van der Waals surface area contributed by atoms with Gasteiger partial charge in [-0.05, 0) is 70.8 Å². The Morgan fingerprint density at radius 1 is 1.21 bits per heavy atom. The average Bonchev–Trinajstić information content (AvgIpc) is 2.59. The van der Waals surface area contributed by atoms with Gasteiger partial charge in [0.1, 0.15) is 5.60 Å². The molecule has 1 aromatic rings. The third-order valence-electron chi connectivity index (χ3n) is 4.30. The summed E-state index contributed by atoms with van der Waals surface area (Å²) in [5.74, 6) is 0.662. The van der Waals surface area contributed by atoms with Crippen molar-refractivity contribution in [3.63, 3.8) is 0 Å². The molecule has 0 aliphatic carbocycles. The number of likely N-dealkylation sites (N-methyl/N-ethyl adjacent to an activating group) is 1. The predicted octanol–water partition coefficient (Wildman–Crippen LogP) is 3.56. The van der Waals surface area contributed by atoms with Crippen molar-refractivity contribution in [2.24, 2.45) is 5.92 Å². The summed E-state index contributed by atoms with van der Waals surface area (Å²) in [6.07, 6.45) is 1.10. The SMILES string of the molecule is CC(C)CN(C)CCNCC[C@@H](Cc1ccc(C#N)cc1)NC(=O)OC(C)(C)C. The van der Waals surface area contributed by atoms with Crippen molar-refractivity contribution >= 4 is 6.09 Å². The van der Waals surface area contributed by atoms with Crippen molar-refractivity contribution in [1.29, 1.82) is 5.26 Å². The van der Waals surface area contributed by atoms with Crippen LogP contribution >= 0.6 is 0 Å². The van der Waals surface area contributed by atoms with Crippen LogP contribution < -0.4 is 10.6 Å². The molecule has 0 aliphatic heterocycles. The van der Waals surface area contributed by atoms with Crippen molar-refractivity contribution in [3.05, 3.63) is 35.4 Å². The highest BCUT2D eigenvalue weighted by atomic mass is 16.6. The molecule has 29 heavy (non-hydrogen) atoms. The third-order valence-corrected chi connectivity index (χ3v) is 4.30. The van der Waals surface area contributed by atoms with E-state index in [0.29, 0.717) is 17.9 Å². The summed E-state index contributed by atoms with van der Waals surface area (Å²) >= 11 is 0. The fourth-order valence-electron chi connectivity index (χ4n) is 3.09. The van der Waals surface area contributed by atoms with Crippen molar-refractivity contribution in [1.82, 2.24) is 15.5 Å². The van der Waals surface area contributed by atoms with Crippen LogP contribution in [0.1, 0.15) is 52.2 Å². The molecule has 0 fully saturated rings. The van der Waals surface area contributed by atoms with E-state index in [-0.39, 0.29) is 6.04 Å². The predicted molar refractivity (Wildman–Crippen MR) is 118 cm³/mol. The number of hydrogen-bond donors (Lipinski definition) is 2. The average molecular weight is 403 g/mol. The van der Waals surface area contributed by atoms with Crippen LogP contribution in [0.5, 0.6) is 0 Å². The van der Waals surface area contributed by atoms with Crippen molar-refractivity contribution in [2.75, 3.05) is 33.2 Å². The van der Waals surface area contributed by atoms with E-state index in [0.717, 1.165) is 38.2 Å². The number of amides is 1. The van der Waals surface area contributed by atoms with Gasteiger partial charge in [0.05, 0.1) is 11.6 Å². The lowest BCUT2D eigenvalue weighted by Crippen LogP contribution is -2.42. The van der Waals surface area contributed by atoms with Gasteiger partial charge in [-0.25, -0.2) is 4.79 Å². The number of benzene rings is 1. The Morgan fingerprint density at radius 3 is 2.41 bits per heavy atom. The van der Waals surface area contributed by atoms with Gasteiger partial charge in [0, 0.05) is 25.7 Å². The van der Waals surface area contributed by atoms with E-state index < -0.39 is 11.7 Å². The summed E-state index contributed by atoms with van der Waals surface area (Å²) in [6.45, 7) is 13.8. The fraction of sp³-hybridized carbons (Fsp3) is 0.652. The molecule has 0 unspecified atom stereocenters. The Kier molecular flexibility index (Phi) is 10.7. The largest absolute Gasteiger partial charge is 0.444 e. The maximum atomic E-state index is 12.2. The zero-order valence-electron chi connectivity index (χ0n) is 18.9. The molecule has 1 rings (SSSR count). The second-order valence-electron chi connectivity index (χ2n) is 9.05. The van der Waals surface area contributed by atoms with Crippen LogP contribution in [0, 0.1) is 17.2 Å². The van der Waals surface area contributed by atoms with E-state index in [1.165, 1.54) is 0 Å². The minimum absolute atomic E-state index is 0.0429. The molecule has 0 spiro atoms. The van der Waals surface area contributed by atoms with Crippen LogP contribution in [0.2, 0.25) is 0 Å². The lowest BCUT2D eigenvalue weighted by molar-refractivity contribution is 0.0502. The van der Waals surface area contributed by atoms with Gasteiger partial charge in [0.15, 0.2) is 0 Å². The molecule has 0 bridgehead atoms. The minimum atomic E-state index is -0.525. The number of ether oxygens (including phenoxy) is 1. The van der Waals surface area contributed by atoms with Crippen LogP contribution in [0.3, 0.4) is 0 Å². The van der Waals surface area contributed by atoms with E-state index in [1.54, 1.807) is 0 Å². The van der Waals surface area contributed by atoms with Gasteiger partial charge in [0.2, 0.25) is 0 Å². The maximum Gasteiger partial charge on any atom is 0.407 e. The molecule has 0 saturated heterocycles. The normalized spacial score (nSPS) is 12.7. The molecule has 0 saturated carbocycles. The van der Waals surface area contributed by atoms with Gasteiger partial charge < -0.3 is 20.3 Å². The summed E-state index contributed by atoms with van der Waals surface area (Å²) in [5, 5.41) is 15.4. The summed E-state index contributed by atoms with van der Waals surface area (Å²) in [7, 11) is 2.14. The number of hydrogen-bond acceptors (Lipinski definition) is 5. The maximum absolute atomic E-state index is 12.2. The molecule has 6 nitrogen and oxygen atoms in total. The van der Waals surface area contributed by atoms with Crippen LogP contribution in [0.25, 0.3) is 0 Å². The number of carbonyl (C=O) groups is 1. The van der Waals surface area contributed by atoms with E-state index in [9.17, 15) is 4.79 Å². The first-order valence-electron chi connectivity index (χ1n) is 10.5. The van der Waals surface area contributed by atoms with Gasteiger partial charge in [0.25, 0.3) is 0 Å². The minimum Gasteiger partial charge on any atom is -0.444 e. The second-order valence-corrected chi connectivity index (χ2v) is 9.05. The molecule has 2 N–H and O–H groups in total. The van der Waals surface area contributed by atoms with Crippen LogP contribution in [0.4, 0.5) is 4.79 Å². The summed E-state index contributed by atoms with van der Waals surface area (Å²) in [6, 6.07) is 9.59. The molecular formula is C23H38N4O2. The number of nitrogens with zero attached hydrogens (tertiary/aromatic N) is 2. The van der Waals surface area contributed by atoms with E-state index in [4.69, 9.17) is 10.00 Å². The lowest BCUT2D eigenvalue weighted by Gasteiger charge is -2.24. The molecule has 1 atom stereocenters. The molecule has 0 radical (unpaired) electrons. The summed E-state index contributed by atoms with van der Waals surface area (Å²) in [5.41, 5.74) is 1.20. The Hall–Kier alpha value is -2.10. The standard InChI is InChI=1S/C23H38N4O2/c1-18(2)17-27(6)14-13-25-12-11-21(26-22(28)29-23(3,4)5)15-19-7-9-20(16-24)10-8-19/h7-10,18,21,25H,11-15,17H2,1-6H3,(H,26,28)/t21-/m0/s1. The number of nitriles is 1. The monoisotopic (exact) mass is 402 g/mol. The van der Waals surface area contributed by atoms with E-state index in [1.807, 2.05) is 45.0 Å². The topological polar surface area (TPSA) is 77.4 Å². The number of carbonyl (C=O) groups excluding carboxylic acids is 1. The molecule has 0 aromatic heterocycles. The van der Waals surface area contributed by atoms with Gasteiger partial charge in [-0.3, -0.25) is 0 Å². The van der Waals surface area contributed by atoms with Crippen LogP contribution in [0.15, 0.2) is 24.3 Å². The highest BCUT2D eigenvalue weighted by Gasteiger charge is 2.19. The van der Waals surface area contributed by atoms with Crippen molar-refractivity contribution in [3.8, 4) is 6.07 Å². The Labute approximate surface area is 176 Å². The Bertz CT molecular complexity index is 644. The Morgan fingerprint density at radius 2 is 1.86 bits per heavy atom. The number of alkyl carbamates (subject to hydrolysis) is 1. The fourth-order valence-corrected chi connectivity index (χ4v) is 3.09. The molecular weight excluding hydrogens is 364 g/mol. The zero-order valence-corrected chi connectivity index (χ0v) is 18.9. The van der Waals surface area contributed by atoms with E-state index in [2.05, 4.69) is 42.5 Å².